The molecule has 0 radical (unpaired) electrons. The number of nitrogens with two attached hydrogens (primary N) is 1. The van der Waals surface area contributed by atoms with Gasteiger partial charge >= 0.3 is 0 Å². The molecule has 2 atom stereocenters. The van der Waals surface area contributed by atoms with Crippen LogP contribution in [0.1, 0.15) is 27.2 Å². The maximum absolute atomic E-state index is 6.06. The maximum atomic E-state index is 6.06. The summed E-state index contributed by atoms with van der Waals surface area (Å²) in [7, 11) is 0. The van der Waals surface area contributed by atoms with Crippen LogP contribution in [0.2, 0.25) is 0 Å². The second kappa shape index (κ2) is 5.57. The van der Waals surface area contributed by atoms with Gasteiger partial charge in [0.25, 0.3) is 0 Å². The Hall–Kier alpha value is -1.29. The largest absolute Gasteiger partial charge is 0.487 e. The molecule has 1 aromatic rings. The Bertz CT molecular complexity index is 394. The topological polar surface area (TPSA) is 51.4 Å². The van der Waals surface area contributed by atoms with Gasteiger partial charge in [0.15, 0.2) is 11.6 Å². The van der Waals surface area contributed by atoms with Crippen LogP contribution in [0.25, 0.3) is 0 Å². The lowest BCUT2D eigenvalue weighted by Crippen LogP contribution is -2.46. The molecule has 0 amide bonds. The first-order valence-electron chi connectivity index (χ1n) is 6.70. The third kappa shape index (κ3) is 2.93. The summed E-state index contributed by atoms with van der Waals surface area (Å²) in [6, 6.07) is 4.21. The molecule has 4 heteroatoms. The zero-order valence-electron chi connectivity index (χ0n) is 11.5. The molecule has 18 heavy (non-hydrogen) atoms. The molecule has 4 nitrogen and oxygen atoms in total. The first kappa shape index (κ1) is 13.1. The molecule has 0 aliphatic carbocycles. The van der Waals surface area contributed by atoms with E-state index in [1.54, 1.807) is 0 Å². The molecule has 0 bridgehead atoms. The zero-order chi connectivity index (χ0) is 13.1. The molecule has 1 aliphatic heterocycles. The average molecular weight is 249 g/mol. The molecule has 1 fully saturated rings. The van der Waals surface area contributed by atoms with Crippen LogP contribution in [0.3, 0.4) is 0 Å². The van der Waals surface area contributed by atoms with Crippen molar-refractivity contribution in [1.82, 2.24) is 4.98 Å². The molecule has 0 saturated carbocycles. The van der Waals surface area contributed by atoms with Crippen LogP contribution in [0, 0.1) is 5.92 Å². The lowest BCUT2D eigenvalue weighted by Gasteiger charge is -2.36. The van der Waals surface area contributed by atoms with Gasteiger partial charge in [-0.2, -0.15) is 0 Å². The van der Waals surface area contributed by atoms with E-state index in [1.807, 2.05) is 32.2 Å². The van der Waals surface area contributed by atoms with Gasteiger partial charge in [-0.05, 0) is 38.3 Å². The number of hydrogen-bond acceptors (Lipinski definition) is 4. The summed E-state index contributed by atoms with van der Waals surface area (Å²) in [5, 5.41) is 0. The van der Waals surface area contributed by atoms with E-state index in [-0.39, 0.29) is 6.10 Å². The highest BCUT2D eigenvalue weighted by Gasteiger charge is 2.25. The average Bonchev–Trinajstić information content (AvgIpc) is 2.33. The minimum atomic E-state index is 0.164. The van der Waals surface area contributed by atoms with Crippen LogP contribution < -0.4 is 15.4 Å². The smallest absolute Gasteiger partial charge is 0.171 e. The first-order valence-corrected chi connectivity index (χ1v) is 6.70. The Morgan fingerprint density at radius 3 is 2.94 bits per heavy atom. The van der Waals surface area contributed by atoms with E-state index in [0.29, 0.717) is 12.0 Å². The van der Waals surface area contributed by atoms with Crippen LogP contribution in [-0.4, -0.2) is 30.2 Å². The van der Waals surface area contributed by atoms with Crippen molar-refractivity contribution in [1.29, 1.82) is 0 Å². The van der Waals surface area contributed by atoms with E-state index >= 15 is 0 Å². The normalized spacial score (nSPS) is 24.4. The fourth-order valence-corrected chi connectivity index (χ4v) is 2.32. The van der Waals surface area contributed by atoms with Crippen LogP contribution in [0.4, 0.5) is 5.82 Å². The third-order valence-electron chi connectivity index (χ3n) is 3.38. The lowest BCUT2D eigenvalue weighted by atomic mass is 9.95. The predicted octanol–water partition coefficient (Wildman–Crippen LogP) is 2.04. The predicted molar refractivity (Wildman–Crippen MR) is 74.0 cm³/mol. The molecule has 2 N–H and O–H groups in total. The van der Waals surface area contributed by atoms with E-state index in [2.05, 4.69) is 16.8 Å². The molecule has 0 aromatic carbocycles. The van der Waals surface area contributed by atoms with Crippen molar-refractivity contribution in [3.05, 3.63) is 18.3 Å². The quantitative estimate of drug-likeness (QED) is 0.890. The van der Waals surface area contributed by atoms with Crippen molar-refractivity contribution in [3.8, 4) is 5.75 Å². The molecular formula is C14H23N3O. The zero-order valence-corrected chi connectivity index (χ0v) is 11.5. The van der Waals surface area contributed by atoms with Gasteiger partial charge in [0.1, 0.15) is 0 Å². The van der Waals surface area contributed by atoms with Gasteiger partial charge in [-0.3, -0.25) is 0 Å². The minimum absolute atomic E-state index is 0.164. The number of hydrogen-bond donors (Lipinski definition) is 1. The van der Waals surface area contributed by atoms with Gasteiger partial charge in [-0.1, -0.05) is 6.92 Å². The minimum Gasteiger partial charge on any atom is -0.487 e. The summed E-state index contributed by atoms with van der Waals surface area (Å²) in [5.41, 5.74) is 6.06. The third-order valence-corrected chi connectivity index (χ3v) is 3.38. The van der Waals surface area contributed by atoms with Crippen molar-refractivity contribution < 1.29 is 4.74 Å². The number of pyridine rings is 1. The molecule has 2 heterocycles. The van der Waals surface area contributed by atoms with Gasteiger partial charge in [0.2, 0.25) is 0 Å². The molecule has 100 valence electrons. The molecule has 1 saturated heterocycles. The number of piperidine rings is 1. The number of anilines is 1. The van der Waals surface area contributed by atoms with E-state index in [0.717, 1.165) is 31.1 Å². The second-order valence-electron chi connectivity index (χ2n) is 5.37. The number of rotatable bonds is 3. The molecule has 0 spiro atoms. The van der Waals surface area contributed by atoms with Crippen molar-refractivity contribution in [2.45, 2.75) is 39.3 Å². The van der Waals surface area contributed by atoms with Gasteiger partial charge in [0, 0.05) is 25.3 Å². The number of aromatic nitrogens is 1. The highest BCUT2D eigenvalue weighted by atomic mass is 16.5. The van der Waals surface area contributed by atoms with Crippen LogP contribution in [-0.2, 0) is 0 Å². The monoisotopic (exact) mass is 249 g/mol. The molecular weight excluding hydrogens is 226 g/mol. The summed E-state index contributed by atoms with van der Waals surface area (Å²) >= 11 is 0. The maximum Gasteiger partial charge on any atom is 0.171 e. The van der Waals surface area contributed by atoms with E-state index in [1.165, 1.54) is 0 Å². The van der Waals surface area contributed by atoms with Gasteiger partial charge in [0.05, 0.1) is 6.10 Å². The molecule has 2 rings (SSSR count). The summed E-state index contributed by atoms with van der Waals surface area (Å²) in [5.74, 6) is 2.31. The van der Waals surface area contributed by atoms with Gasteiger partial charge in [-0.15, -0.1) is 0 Å². The van der Waals surface area contributed by atoms with Gasteiger partial charge in [-0.25, -0.2) is 4.98 Å². The Kier molecular flexibility index (Phi) is 4.07. The van der Waals surface area contributed by atoms with Gasteiger partial charge < -0.3 is 15.4 Å². The van der Waals surface area contributed by atoms with Crippen molar-refractivity contribution >= 4 is 5.82 Å². The number of ether oxygens (including phenoxy) is 1. The Morgan fingerprint density at radius 2 is 2.28 bits per heavy atom. The summed E-state index contributed by atoms with van der Waals surface area (Å²) in [6.07, 6.45) is 3.00. The van der Waals surface area contributed by atoms with Crippen molar-refractivity contribution in [3.63, 3.8) is 0 Å². The highest BCUT2D eigenvalue weighted by molar-refractivity contribution is 5.52. The Labute approximate surface area is 109 Å². The highest BCUT2D eigenvalue weighted by Crippen LogP contribution is 2.29. The summed E-state index contributed by atoms with van der Waals surface area (Å²) in [4.78, 5) is 6.76. The van der Waals surface area contributed by atoms with Crippen LogP contribution in [0.15, 0.2) is 18.3 Å². The van der Waals surface area contributed by atoms with Crippen molar-refractivity contribution in [2.75, 3.05) is 18.0 Å². The fourth-order valence-electron chi connectivity index (χ4n) is 2.32. The van der Waals surface area contributed by atoms with Crippen LogP contribution >= 0.6 is 0 Å². The molecule has 1 aliphatic rings. The standard InChI is InChI=1S/C14H23N3O/c1-10(2)18-13-5-4-7-16-14(13)17-8-6-12(15)11(3)9-17/h4-5,7,10-12H,6,8-9,15H2,1-3H3. The van der Waals surface area contributed by atoms with E-state index in [9.17, 15) is 0 Å². The SMILES string of the molecule is CC(C)Oc1cccnc1N1CCC(N)C(C)C1. The molecule has 1 aromatic heterocycles. The molecule has 2 unspecified atom stereocenters. The summed E-state index contributed by atoms with van der Waals surface area (Å²) < 4.78 is 5.83. The second-order valence-corrected chi connectivity index (χ2v) is 5.37. The van der Waals surface area contributed by atoms with E-state index in [4.69, 9.17) is 10.5 Å². The van der Waals surface area contributed by atoms with Crippen molar-refractivity contribution in [2.24, 2.45) is 11.7 Å². The van der Waals surface area contributed by atoms with E-state index < -0.39 is 0 Å². The number of nitrogens with zero attached hydrogens (tertiary/aromatic N) is 2. The summed E-state index contributed by atoms with van der Waals surface area (Å²) in [6.45, 7) is 8.17. The Morgan fingerprint density at radius 1 is 1.50 bits per heavy atom. The fraction of sp³-hybridized carbons (Fsp3) is 0.643. The lowest BCUT2D eigenvalue weighted by molar-refractivity contribution is 0.241. The van der Waals surface area contributed by atoms with Crippen LogP contribution in [0.5, 0.6) is 5.75 Å². The Balaban J connectivity index is 2.17. The first-order chi connectivity index (χ1) is 8.58.